The van der Waals surface area contributed by atoms with E-state index in [2.05, 4.69) is 36.5 Å². The Morgan fingerprint density at radius 1 is 0.969 bits per heavy atom. The number of terminal acetylenes is 1. The SMILES string of the molecule is C#CCCN(C)[C@H]1C[C@@H](C)OC(O[C@@H]2[C@@H](C)[C@H](OC3C[C@@](C)(OC)[C@@H](OC(C)=O)[C@H](C)O3)[C@@H](C)C(=O)O[C@H](CC)[C@@](C)(O)C3OCC(=C)CO[C@]2(C)C[C@@H](C)/C(=N\OC(C)=O)[C@@H]3C)[C@@H]1C. The third-order valence-corrected chi connectivity index (χ3v) is 14.3. The minimum Gasteiger partial charge on any atom is -0.459 e. The van der Waals surface area contributed by atoms with E-state index in [4.69, 9.17) is 53.9 Å². The fourth-order valence-corrected chi connectivity index (χ4v) is 10.7. The maximum absolute atomic E-state index is 14.8. The van der Waals surface area contributed by atoms with Crippen LogP contribution < -0.4 is 0 Å². The quantitative estimate of drug-likeness (QED) is 0.0839. The van der Waals surface area contributed by atoms with Crippen LogP contribution in [0.15, 0.2) is 17.3 Å². The van der Waals surface area contributed by atoms with Crippen molar-refractivity contribution in [3.8, 4) is 12.3 Å². The highest BCUT2D eigenvalue weighted by Gasteiger charge is 2.55. The van der Waals surface area contributed by atoms with Crippen LogP contribution in [0.3, 0.4) is 0 Å². The normalized spacial score (nSPS) is 43.1. The van der Waals surface area contributed by atoms with Gasteiger partial charge in [0, 0.05) is 70.1 Å². The predicted octanol–water partition coefficient (Wildman–Crippen LogP) is 5.99. The summed E-state index contributed by atoms with van der Waals surface area (Å²) in [6.45, 7) is 28.2. The first-order valence-corrected chi connectivity index (χ1v) is 23.4. The molecule has 0 aromatic heterocycles. The molecule has 0 aromatic rings. The van der Waals surface area contributed by atoms with Gasteiger partial charge in [-0.15, -0.1) is 12.3 Å². The number of nitrogens with zero attached hydrogens (tertiary/aromatic N) is 2. The third kappa shape index (κ3) is 13.0. The van der Waals surface area contributed by atoms with E-state index in [-0.39, 0.29) is 50.5 Å². The standard InChI is InChI=1S/C49H80N2O14/c1-18-20-21-51(16)37-22-29(5)59-46(30(37)6)64-42-32(8)41(63-39-24-47(13,56-17)44(34(10)60-39)61-35(11)52)33(9)45(54)62-38(19-2)49(15,55)43-31(7)40(50-65-36(12)53)28(4)23-48(42,14)58-26-27(3)25-57-43/h1,28-34,37-39,41-44,46,55H,3,19-26H2,2,4-17H3/b50-40+/t28-,29-,30-,31+,32+,33-,34+,37+,38-,39?,41+,42-,43?,44+,46?,47-,48-,49-/m1/s1. The van der Waals surface area contributed by atoms with Crippen LogP contribution in [0.4, 0.5) is 0 Å². The number of ether oxygens (including phenoxy) is 9. The highest BCUT2D eigenvalue weighted by molar-refractivity contribution is 5.89. The van der Waals surface area contributed by atoms with Crippen molar-refractivity contribution >= 4 is 23.6 Å². The second-order valence-electron chi connectivity index (χ2n) is 19.9. The molecule has 0 radical (unpaired) electrons. The number of esters is 2. The summed E-state index contributed by atoms with van der Waals surface area (Å²) in [7, 11) is 3.60. The van der Waals surface area contributed by atoms with Gasteiger partial charge in [0.25, 0.3) is 0 Å². The number of hydrogen-bond acceptors (Lipinski definition) is 16. The van der Waals surface area contributed by atoms with Gasteiger partial charge >= 0.3 is 17.9 Å². The predicted molar refractivity (Wildman–Crippen MR) is 242 cm³/mol. The highest BCUT2D eigenvalue weighted by atomic mass is 16.7. The molecule has 65 heavy (non-hydrogen) atoms. The van der Waals surface area contributed by atoms with Gasteiger partial charge in [-0.05, 0) is 73.4 Å². The molecule has 18 atom stereocenters. The molecule has 4 rings (SSSR count). The molecule has 4 saturated heterocycles. The van der Waals surface area contributed by atoms with E-state index in [0.29, 0.717) is 24.3 Å². The summed E-state index contributed by atoms with van der Waals surface area (Å²) in [5.41, 5.74) is -3.03. The molecule has 16 nitrogen and oxygen atoms in total. The minimum absolute atomic E-state index is 0.0141. The van der Waals surface area contributed by atoms with Crippen molar-refractivity contribution < 1.29 is 67.0 Å². The van der Waals surface area contributed by atoms with E-state index < -0.39 is 108 Å². The summed E-state index contributed by atoms with van der Waals surface area (Å²) in [5, 5.41) is 17.0. The van der Waals surface area contributed by atoms with Crippen LogP contribution in [-0.4, -0.2) is 146 Å². The lowest BCUT2D eigenvalue weighted by Crippen LogP contribution is -2.61. The molecule has 3 unspecified atom stereocenters. The maximum atomic E-state index is 14.8. The second-order valence-corrected chi connectivity index (χ2v) is 19.9. The first-order valence-electron chi connectivity index (χ1n) is 23.4. The van der Waals surface area contributed by atoms with E-state index in [1.54, 1.807) is 27.9 Å². The zero-order valence-corrected chi connectivity index (χ0v) is 41.8. The number of carbonyl (C=O) groups excluding carboxylic acids is 3. The lowest BCUT2D eigenvalue weighted by molar-refractivity contribution is -0.316. The smallest absolute Gasteiger partial charge is 0.331 e. The second kappa shape index (κ2) is 22.9. The first-order chi connectivity index (χ1) is 30.3. The molecule has 0 spiro atoms. The Morgan fingerprint density at radius 2 is 1.65 bits per heavy atom. The van der Waals surface area contributed by atoms with Crippen molar-refractivity contribution in [3.63, 3.8) is 0 Å². The van der Waals surface area contributed by atoms with Crippen LogP contribution in [0, 0.1) is 41.9 Å². The van der Waals surface area contributed by atoms with Gasteiger partial charge < -0.3 is 57.5 Å². The van der Waals surface area contributed by atoms with Crippen molar-refractivity contribution in [1.82, 2.24) is 4.90 Å². The average molecular weight is 921 g/mol. The number of methoxy groups -OCH3 is 1. The molecule has 4 aliphatic rings. The number of rotatable bonds is 11. The van der Waals surface area contributed by atoms with Crippen molar-refractivity contribution in [2.24, 2.45) is 34.7 Å². The summed E-state index contributed by atoms with van der Waals surface area (Å²) >= 11 is 0. The van der Waals surface area contributed by atoms with Gasteiger partial charge in [-0.2, -0.15) is 0 Å². The number of oxime groups is 1. The topological polar surface area (TPSA) is 179 Å². The van der Waals surface area contributed by atoms with Crippen molar-refractivity contribution in [2.45, 2.75) is 200 Å². The van der Waals surface area contributed by atoms with Gasteiger partial charge in [0.1, 0.15) is 17.3 Å². The van der Waals surface area contributed by atoms with Crippen molar-refractivity contribution in [2.75, 3.05) is 33.9 Å². The number of carbonyl (C=O) groups is 3. The molecule has 4 fully saturated rings. The van der Waals surface area contributed by atoms with Gasteiger partial charge in [-0.1, -0.05) is 46.4 Å². The highest BCUT2D eigenvalue weighted by Crippen LogP contribution is 2.44. The Labute approximate surface area is 388 Å². The van der Waals surface area contributed by atoms with Crippen LogP contribution >= 0.6 is 0 Å². The Hall–Kier alpha value is -2.98. The summed E-state index contributed by atoms with van der Waals surface area (Å²) in [5.74, 6) is -1.94. The Balaban J connectivity index is 1.99. The number of cyclic esters (lactones) is 1. The van der Waals surface area contributed by atoms with Crippen LogP contribution in [0.25, 0.3) is 0 Å². The first kappa shape index (κ1) is 54.6. The summed E-state index contributed by atoms with van der Waals surface area (Å²) in [6, 6.07) is 0.0528. The molecule has 1 N–H and O–H groups in total. The zero-order valence-electron chi connectivity index (χ0n) is 41.8. The fourth-order valence-electron chi connectivity index (χ4n) is 10.7. The van der Waals surface area contributed by atoms with E-state index in [0.717, 1.165) is 6.42 Å². The number of aliphatic hydroxyl groups is 1. The van der Waals surface area contributed by atoms with Gasteiger partial charge in [-0.25, -0.2) is 4.79 Å². The Morgan fingerprint density at radius 3 is 2.25 bits per heavy atom. The Kier molecular flexibility index (Phi) is 19.2. The monoisotopic (exact) mass is 921 g/mol. The molecule has 0 saturated carbocycles. The number of hydrogen-bond donors (Lipinski definition) is 1. The number of fused-ring (bicyclic) bond motifs is 5. The van der Waals surface area contributed by atoms with Crippen molar-refractivity contribution in [1.29, 1.82) is 0 Å². The maximum Gasteiger partial charge on any atom is 0.331 e. The zero-order chi connectivity index (χ0) is 48.8. The third-order valence-electron chi connectivity index (χ3n) is 14.3. The van der Waals surface area contributed by atoms with E-state index in [1.165, 1.54) is 13.8 Å². The van der Waals surface area contributed by atoms with Crippen molar-refractivity contribution in [3.05, 3.63) is 12.2 Å². The molecular formula is C49H80N2O14. The summed E-state index contributed by atoms with van der Waals surface area (Å²) in [6.07, 6.45) is 0.353. The molecule has 0 aromatic carbocycles. The lowest BCUT2D eigenvalue weighted by Gasteiger charge is -2.51. The van der Waals surface area contributed by atoms with Gasteiger partial charge in [0.2, 0.25) is 0 Å². The summed E-state index contributed by atoms with van der Waals surface area (Å²) in [4.78, 5) is 47.0. The fraction of sp³-hybridized carbons (Fsp3) is 0.837. The van der Waals surface area contributed by atoms with Crippen LogP contribution in [-0.2, 0) is 61.9 Å². The van der Waals surface area contributed by atoms with E-state index in [1.807, 2.05) is 48.5 Å². The van der Waals surface area contributed by atoms with E-state index >= 15 is 0 Å². The van der Waals surface area contributed by atoms with Gasteiger partial charge in [0.15, 0.2) is 18.7 Å². The van der Waals surface area contributed by atoms with Crippen LogP contribution in [0.1, 0.15) is 122 Å². The van der Waals surface area contributed by atoms with Gasteiger partial charge in [0.05, 0.1) is 61.0 Å². The molecule has 0 amide bonds. The van der Waals surface area contributed by atoms with Crippen LogP contribution in [0.2, 0.25) is 0 Å². The molecule has 4 heterocycles. The Bertz CT molecular complexity index is 1720. The van der Waals surface area contributed by atoms with Crippen LogP contribution in [0.5, 0.6) is 0 Å². The van der Waals surface area contributed by atoms with Gasteiger partial charge in [-0.3, -0.25) is 9.59 Å². The molecule has 2 bridgehead atoms. The lowest BCUT2D eigenvalue weighted by atomic mass is 9.73. The minimum atomic E-state index is -1.79. The molecular weight excluding hydrogens is 841 g/mol. The molecule has 4 aliphatic heterocycles. The average Bonchev–Trinajstić information content (AvgIpc) is 3.24. The molecule has 0 aliphatic carbocycles. The summed E-state index contributed by atoms with van der Waals surface area (Å²) < 4.78 is 59.3. The largest absolute Gasteiger partial charge is 0.459 e. The van der Waals surface area contributed by atoms with E-state index in [9.17, 15) is 19.5 Å². The molecule has 16 heteroatoms. The molecule has 370 valence electrons.